The van der Waals surface area contributed by atoms with Crippen molar-refractivity contribution in [3.63, 3.8) is 0 Å². The van der Waals surface area contributed by atoms with E-state index >= 15 is 0 Å². The molecular formula is C21H30N4O3S. The first-order valence-electron chi connectivity index (χ1n) is 10.1. The van der Waals surface area contributed by atoms with Gasteiger partial charge in [-0.05, 0) is 77.6 Å². The molecule has 1 aliphatic carbocycles. The molecule has 2 aliphatic rings. The largest absolute Gasteiger partial charge is 0.393 e. The van der Waals surface area contributed by atoms with Gasteiger partial charge in [0.25, 0.3) is 0 Å². The first-order chi connectivity index (χ1) is 13.4. The van der Waals surface area contributed by atoms with Crippen molar-refractivity contribution in [2.24, 2.45) is 0 Å². The van der Waals surface area contributed by atoms with Gasteiger partial charge in [-0.1, -0.05) is 0 Å². The molecule has 1 aromatic heterocycles. The summed E-state index contributed by atoms with van der Waals surface area (Å²) in [6.45, 7) is 10.0. The molecular weight excluding hydrogens is 388 g/mol. The first kappa shape index (κ1) is 20.4. The zero-order chi connectivity index (χ0) is 21.2. The third kappa shape index (κ3) is 3.69. The van der Waals surface area contributed by atoms with E-state index in [1.807, 2.05) is 24.6 Å². The van der Waals surface area contributed by atoms with Crippen molar-refractivity contribution < 1.29 is 13.5 Å². The lowest BCUT2D eigenvalue weighted by Crippen LogP contribution is -2.32. The van der Waals surface area contributed by atoms with Crippen molar-refractivity contribution in [2.75, 3.05) is 5.32 Å². The van der Waals surface area contributed by atoms with E-state index in [1.165, 1.54) is 0 Å². The van der Waals surface area contributed by atoms with E-state index in [2.05, 4.69) is 36.9 Å². The molecule has 1 aliphatic heterocycles. The Morgan fingerprint density at radius 2 is 1.97 bits per heavy atom. The van der Waals surface area contributed by atoms with Gasteiger partial charge in [0.2, 0.25) is 10.0 Å². The van der Waals surface area contributed by atoms with E-state index in [0.29, 0.717) is 4.90 Å². The minimum atomic E-state index is -3.47. The number of nitrogens with zero attached hydrogens (tertiary/aromatic N) is 2. The number of rotatable bonds is 3. The molecule has 2 aromatic rings. The summed E-state index contributed by atoms with van der Waals surface area (Å²) in [6.07, 6.45) is 2.26. The molecule has 1 aromatic carbocycles. The number of nitrogens with one attached hydrogen (secondary N) is 2. The standard InChI is InChI=1S/C21H30N4O3S/c1-20(2,3)25-19(12-17(23-25)13-6-8-15(26)10-13)22-14-7-9-18-16(11-14)21(4,5)24-29(18,27)28/h7,9,11-13,15,22,24,26H,6,8,10H2,1-5H3/t13-,15+/m0/s1. The molecule has 158 valence electrons. The third-order valence-electron chi connectivity index (χ3n) is 5.79. The lowest BCUT2D eigenvalue weighted by Gasteiger charge is -2.23. The van der Waals surface area contributed by atoms with Gasteiger partial charge < -0.3 is 10.4 Å². The number of benzene rings is 1. The van der Waals surface area contributed by atoms with Crippen LogP contribution in [0, 0.1) is 0 Å². The number of hydrogen-bond acceptors (Lipinski definition) is 5. The molecule has 29 heavy (non-hydrogen) atoms. The van der Waals surface area contributed by atoms with Crippen LogP contribution >= 0.6 is 0 Å². The quantitative estimate of drug-likeness (QED) is 0.709. The summed E-state index contributed by atoms with van der Waals surface area (Å²) in [5.41, 5.74) is 1.69. The number of sulfonamides is 1. The van der Waals surface area contributed by atoms with E-state index in [1.54, 1.807) is 12.1 Å². The fourth-order valence-electron chi connectivity index (χ4n) is 4.35. The van der Waals surface area contributed by atoms with Gasteiger partial charge in [-0.15, -0.1) is 0 Å². The van der Waals surface area contributed by atoms with Crippen LogP contribution in [0.25, 0.3) is 0 Å². The summed E-state index contributed by atoms with van der Waals surface area (Å²) in [7, 11) is -3.47. The Morgan fingerprint density at radius 3 is 2.59 bits per heavy atom. The fraction of sp³-hybridized carbons (Fsp3) is 0.571. The number of hydrogen-bond donors (Lipinski definition) is 3. The lowest BCUT2D eigenvalue weighted by atomic mass is 9.95. The Labute approximate surface area is 172 Å². The molecule has 7 nitrogen and oxygen atoms in total. The van der Waals surface area contributed by atoms with Crippen molar-refractivity contribution in [1.29, 1.82) is 0 Å². The summed E-state index contributed by atoms with van der Waals surface area (Å²) >= 11 is 0. The van der Waals surface area contributed by atoms with Gasteiger partial charge in [-0.3, -0.25) is 0 Å². The Balaban J connectivity index is 1.70. The number of anilines is 2. The van der Waals surface area contributed by atoms with Crippen LogP contribution in [0.2, 0.25) is 0 Å². The molecule has 2 atom stereocenters. The minimum Gasteiger partial charge on any atom is -0.393 e. The monoisotopic (exact) mass is 418 g/mol. The zero-order valence-corrected chi connectivity index (χ0v) is 18.5. The molecule has 3 N–H and O–H groups in total. The second kappa shape index (κ2) is 6.55. The van der Waals surface area contributed by atoms with Crippen LogP contribution in [0.5, 0.6) is 0 Å². The zero-order valence-electron chi connectivity index (χ0n) is 17.7. The molecule has 0 bridgehead atoms. The average Bonchev–Trinajstić information content (AvgIpc) is 3.23. The second-order valence-electron chi connectivity index (χ2n) is 9.77. The van der Waals surface area contributed by atoms with E-state index in [-0.39, 0.29) is 17.6 Å². The number of fused-ring (bicyclic) bond motifs is 1. The van der Waals surface area contributed by atoms with Crippen LogP contribution in [0.1, 0.15) is 71.1 Å². The summed E-state index contributed by atoms with van der Waals surface area (Å²) < 4.78 is 29.4. The minimum absolute atomic E-state index is 0.224. The van der Waals surface area contributed by atoms with E-state index in [4.69, 9.17) is 5.10 Å². The predicted molar refractivity (Wildman–Crippen MR) is 113 cm³/mol. The molecule has 0 unspecified atom stereocenters. The molecule has 4 rings (SSSR count). The molecule has 0 radical (unpaired) electrons. The Morgan fingerprint density at radius 1 is 1.24 bits per heavy atom. The smallest absolute Gasteiger partial charge is 0.241 e. The highest BCUT2D eigenvalue weighted by Crippen LogP contribution is 2.39. The third-order valence-corrected chi connectivity index (χ3v) is 7.51. The number of aromatic nitrogens is 2. The van der Waals surface area contributed by atoms with Crippen molar-refractivity contribution in [3.8, 4) is 0 Å². The number of aliphatic hydroxyl groups excluding tert-OH is 1. The highest BCUT2D eigenvalue weighted by Gasteiger charge is 2.40. The summed E-state index contributed by atoms with van der Waals surface area (Å²) in [4.78, 5) is 0.331. The van der Waals surface area contributed by atoms with Crippen molar-refractivity contribution in [1.82, 2.24) is 14.5 Å². The maximum atomic E-state index is 12.3. The van der Waals surface area contributed by atoms with Crippen LogP contribution in [0.4, 0.5) is 11.5 Å². The van der Waals surface area contributed by atoms with Gasteiger partial charge in [-0.2, -0.15) is 5.10 Å². The van der Waals surface area contributed by atoms with Gasteiger partial charge >= 0.3 is 0 Å². The van der Waals surface area contributed by atoms with Crippen LogP contribution in [-0.4, -0.2) is 29.4 Å². The maximum Gasteiger partial charge on any atom is 0.241 e. The summed E-state index contributed by atoms with van der Waals surface area (Å²) in [5.74, 6) is 1.13. The Bertz CT molecular complexity index is 1050. The highest BCUT2D eigenvalue weighted by molar-refractivity contribution is 7.89. The SMILES string of the molecule is CC1(C)NS(=O)(=O)c2ccc(Nc3cc([C@H]4CC[C@@H](O)C4)nn3C(C)(C)C)cc21. The van der Waals surface area contributed by atoms with Crippen molar-refractivity contribution in [2.45, 2.75) is 81.9 Å². The van der Waals surface area contributed by atoms with Gasteiger partial charge in [0.1, 0.15) is 5.82 Å². The van der Waals surface area contributed by atoms with Gasteiger partial charge in [-0.25, -0.2) is 17.8 Å². The van der Waals surface area contributed by atoms with Gasteiger partial charge in [0.05, 0.1) is 27.8 Å². The molecule has 0 saturated heterocycles. The molecule has 1 fully saturated rings. The average molecular weight is 419 g/mol. The van der Waals surface area contributed by atoms with Crippen molar-refractivity contribution >= 4 is 21.5 Å². The maximum absolute atomic E-state index is 12.3. The van der Waals surface area contributed by atoms with Crippen LogP contribution < -0.4 is 10.0 Å². The first-order valence-corrected chi connectivity index (χ1v) is 11.6. The summed E-state index contributed by atoms with van der Waals surface area (Å²) in [6, 6.07) is 7.40. The Kier molecular flexibility index (Phi) is 4.60. The van der Waals surface area contributed by atoms with Crippen LogP contribution in [0.15, 0.2) is 29.2 Å². The highest BCUT2D eigenvalue weighted by atomic mass is 32.2. The fourth-order valence-corrected chi connectivity index (χ4v) is 6.09. The van der Waals surface area contributed by atoms with Crippen LogP contribution in [-0.2, 0) is 21.1 Å². The Hall–Kier alpha value is -1.90. The molecule has 0 spiro atoms. The van der Waals surface area contributed by atoms with Crippen molar-refractivity contribution in [3.05, 3.63) is 35.5 Å². The predicted octanol–water partition coefficient (Wildman–Crippen LogP) is 3.54. The number of aliphatic hydroxyl groups is 1. The second-order valence-corrected chi connectivity index (χ2v) is 11.4. The molecule has 8 heteroatoms. The van der Waals surface area contributed by atoms with E-state index in [0.717, 1.165) is 42.0 Å². The topological polar surface area (TPSA) is 96.2 Å². The van der Waals surface area contributed by atoms with E-state index in [9.17, 15) is 13.5 Å². The molecule has 0 amide bonds. The van der Waals surface area contributed by atoms with Crippen LogP contribution in [0.3, 0.4) is 0 Å². The van der Waals surface area contributed by atoms with Gasteiger partial charge in [0, 0.05) is 17.7 Å². The lowest BCUT2D eigenvalue weighted by molar-refractivity contribution is 0.181. The summed E-state index contributed by atoms with van der Waals surface area (Å²) in [5, 5.41) is 18.2. The van der Waals surface area contributed by atoms with Gasteiger partial charge in [0.15, 0.2) is 0 Å². The normalized spacial score (nSPS) is 25.2. The molecule has 1 saturated carbocycles. The molecule has 2 heterocycles. The van der Waals surface area contributed by atoms with E-state index < -0.39 is 15.6 Å².